The molecular weight excluding hydrogens is 222 g/mol. The van der Waals surface area contributed by atoms with E-state index in [1.807, 2.05) is 7.05 Å². The number of unbranched alkanes of at least 4 members (excludes halogenated alkanes) is 3. The zero-order chi connectivity index (χ0) is 13.2. The molecule has 1 rings (SSSR count). The second-order valence-electron chi connectivity index (χ2n) is 5.65. The molecule has 1 N–H and O–H groups in total. The molecule has 3 nitrogen and oxygen atoms in total. The van der Waals surface area contributed by atoms with Gasteiger partial charge in [-0.3, -0.25) is 4.90 Å². The molecule has 0 aromatic carbocycles. The molecule has 1 saturated heterocycles. The van der Waals surface area contributed by atoms with E-state index in [1.54, 1.807) is 0 Å². The van der Waals surface area contributed by atoms with E-state index in [0.717, 1.165) is 6.04 Å². The summed E-state index contributed by atoms with van der Waals surface area (Å²) in [5.74, 6) is 0. The van der Waals surface area contributed by atoms with Gasteiger partial charge in [0.15, 0.2) is 0 Å². The minimum Gasteiger partial charge on any atom is -0.320 e. The fourth-order valence-electron chi connectivity index (χ4n) is 2.68. The maximum atomic E-state index is 3.21. The van der Waals surface area contributed by atoms with Gasteiger partial charge >= 0.3 is 0 Å². The Hall–Kier alpha value is -0.120. The van der Waals surface area contributed by atoms with Gasteiger partial charge in [0.2, 0.25) is 0 Å². The van der Waals surface area contributed by atoms with Crippen LogP contribution in [0.1, 0.15) is 46.0 Å². The van der Waals surface area contributed by atoms with Crippen LogP contribution in [0.25, 0.3) is 0 Å². The van der Waals surface area contributed by atoms with Crippen LogP contribution >= 0.6 is 0 Å². The van der Waals surface area contributed by atoms with E-state index < -0.39 is 0 Å². The SMILES string of the molecule is CCC(C)N1CCN(CCCCCCNC)CC1. The maximum Gasteiger partial charge on any atom is 0.0113 e. The number of piperazine rings is 1. The molecule has 1 fully saturated rings. The third-order valence-electron chi connectivity index (χ3n) is 4.27. The van der Waals surface area contributed by atoms with E-state index >= 15 is 0 Å². The Labute approximate surface area is 114 Å². The van der Waals surface area contributed by atoms with Crippen LogP contribution in [0.15, 0.2) is 0 Å². The summed E-state index contributed by atoms with van der Waals surface area (Å²) in [5, 5.41) is 3.21. The maximum absolute atomic E-state index is 3.21. The fourth-order valence-corrected chi connectivity index (χ4v) is 2.68. The van der Waals surface area contributed by atoms with Crippen molar-refractivity contribution in [3.8, 4) is 0 Å². The van der Waals surface area contributed by atoms with Crippen LogP contribution in [0.3, 0.4) is 0 Å². The first-order valence-corrected chi connectivity index (χ1v) is 7.89. The predicted octanol–water partition coefficient (Wildman–Crippen LogP) is 2.18. The van der Waals surface area contributed by atoms with E-state index in [9.17, 15) is 0 Å². The summed E-state index contributed by atoms with van der Waals surface area (Å²) in [5.41, 5.74) is 0. The number of nitrogens with one attached hydrogen (secondary N) is 1. The van der Waals surface area contributed by atoms with Gasteiger partial charge in [0.25, 0.3) is 0 Å². The van der Waals surface area contributed by atoms with Crippen LogP contribution in [0, 0.1) is 0 Å². The van der Waals surface area contributed by atoms with Gasteiger partial charge in [0, 0.05) is 32.2 Å². The van der Waals surface area contributed by atoms with Crippen LogP contribution in [-0.2, 0) is 0 Å². The van der Waals surface area contributed by atoms with Crippen LogP contribution in [-0.4, -0.2) is 62.2 Å². The van der Waals surface area contributed by atoms with Gasteiger partial charge in [-0.2, -0.15) is 0 Å². The Morgan fingerprint density at radius 2 is 1.67 bits per heavy atom. The molecule has 0 radical (unpaired) electrons. The average molecular weight is 255 g/mol. The Balaban J connectivity index is 1.98. The summed E-state index contributed by atoms with van der Waals surface area (Å²) in [4.78, 5) is 5.29. The second-order valence-corrected chi connectivity index (χ2v) is 5.65. The van der Waals surface area contributed by atoms with Crippen molar-refractivity contribution in [3.05, 3.63) is 0 Å². The molecule has 0 amide bonds. The van der Waals surface area contributed by atoms with Crippen molar-refractivity contribution < 1.29 is 0 Å². The molecule has 1 heterocycles. The topological polar surface area (TPSA) is 18.5 Å². The Morgan fingerprint density at radius 3 is 2.28 bits per heavy atom. The van der Waals surface area contributed by atoms with E-state index in [2.05, 4.69) is 29.0 Å². The van der Waals surface area contributed by atoms with Gasteiger partial charge in [-0.1, -0.05) is 19.8 Å². The lowest BCUT2D eigenvalue weighted by Gasteiger charge is -2.37. The van der Waals surface area contributed by atoms with E-state index in [4.69, 9.17) is 0 Å². The van der Waals surface area contributed by atoms with Crippen LogP contribution < -0.4 is 5.32 Å². The Morgan fingerprint density at radius 1 is 1.00 bits per heavy atom. The number of nitrogens with zero attached hydrogens (tertiary/aromatic N) is 2. The largest absolute Gasteiger partial charge is 0.320 e. The van der Waals surface area contributed by atoms with Crippen molar-refractivity contribution in [3.63, 3.8) is 0 Å². The molecule has 1 aliphatic heterocycles. The molecular formula is C15H33N3. The van der Waals surface area contributed by atoms with Gasteiger partial charge in [-0.15, -0.1) is 0 Å². The highest BCUT2D eigenvalue weighted by atomic mass is 15.3. The molecule has 0 aliphatic carbocycles. The Kier molecular flexibility index (Phi) is 8.64. The highest BCUT2D eigenvalue weighted by Crippen LogP contribution is 2.10. The van der Waals surface area contributed by atoms with Crippen molar-refractivity contribution in [1.29, 1.82) is 0 Å². The quantitative estimate of drug-likeness (QED) is 0.637. The summed E-state index contributed by atoms with van der Waals surface area (Å²) in [7, 11) is 2.04. The van der Waals surface area contributed by atoms with Gasteiger partial charge in [0.1, 0.15) is 0 Å². The minimum atomic E-state index is 0.772. The number of hydrogen-bond donors (Lipinski definition) is 1. The highest BCUT2D eigenvalue weighted by molar-refractivity contribution is 4.75. The zero-order valence-electron chi connectivity index (χ0n) is 12.7. The van der Waals surface area contributed by atoms with Gasteiger partial charge in [-0.25, -0.2) is 0 Å². The van der Waals surface area contributed by atoms with Gasteiger partial charge < -0.3 is 10.2 Å². The van der Waals surface area contributed by atoms with Crippen molar-refractivity contribution in [2.75, 3.05) is 46.3 Å². The molecule has 1 unspecified atom stereocenters. The molecule has 0 spiro atoms. The molecule has 108 valence electrons. The summed E-state index contributed by atoms with van der Waals surface area (Å²) >= 11 is 0. The lowest BCUT2D eigenvalue weighted by atomic mass is 10.1. The first kappa shape index (κ1) is 15.9. The second kappa shape index (κ2) is 9.76. The third-order valence-corrected chi connectivity index (χ3v) is 4.27. The number of hydrogen-bond acceptors (Lipinski definition) is 3. The van der Waals surface area contributed by atoms with Crippen molar-refractivity contribution >= 4 is 0 Å². The highest BCUT2D eigenvalue weighted by Gasteiger charge is 2.19. The van der Waals surface area contributed by atoms with Gasteiger partial charge in [0.05, 0.1) is 0 Å². The standard InChI is InChI=1S/C15H33N3/c1-4-15(2)18-13-11-17(12-14-18)10-8-6-5-7-9-16-3/h15-16H,4-14H2,1-3H3. The summed E-state index contributed by atoms with van der Waals surface area (Å²) in [6.07, 6.45) is 6.78. The molecule has 0 aromatic rings. The zero-order valence-corrected chi connectivity index (χ0v) is 12.7. The van der Waals surface area contributed by atoms with Crippen LogP contribution in [0.5, 0.6) is 0 Å². The van der Waals surface area contributed by atoms with E-state index in [0.29, 0.717) is 0 Å². The summed E-state index contributed by atoms with van der Waals surface area (Å²) in [6.45, 7) is 12.2. The first-order valence-electron chi connectivity index (χ1n) is 7.89. The molecule has 3 heteroatoms. The van der Waals surface area contributed by atoms with E-state index in [-0.39, 0.29) is 0 Å². The smallest absolute Gasteiger partial charge is 0.0113 e. The molecule has 0 aromatic heterocycles. The molecule has 1 atom stereocenters. The van der Waals surface area contributed by atoms with Crippen LogP contribution in [0.2, 0.25) is 0 Å². The minimum absolute atomic E-state index is 0.772. The molecule has 0 saturated carbocycles. The van der Waals surface area contributed by atoms with Gasteiger partial charge in [-0.05, 0) is 46.3 Å². The van der Waals surface area contributed by atoms with E-state index in [1.165, 1.54) is 71.4 Å². The fraction of sp³-hybridized carbons (Fsp3) is 1.00. The summed E-state index contributed by atoms with van der Waals surface area (Å²) in [6, 6.07) is 0.772. The van der Waals surface area contributed by atoms with Crippen molar-refractivity contribution in [2.45, 2.75) is 52.0 Å². The predicted molar refractivity (Wildman–Crippen MR) is 80.2 cm³/mol. The monoisotopic (exact) mass is 255 g/mol. The average Bonchev–Trinajstić information content (AvgIpc) is 2.42. The molecule has 18 heavy (non-hydrogen) atoms. The Bertz CT molecular complexity index is 188. The first-order chi connectivity index (χ1) is 8.77. The van der Waals surface area contributed by atoms with Crippen molar-refractivity contribution in [1.82, 2.24) is 15.1 Å². The third kappa shape index (κ3) is 6.17. The molecule has 1 aliphatic rings. The normalized spacial score (nSPS) is 20.2. The molecule has 0 bridgehead atoms. The lowest BCUT2D eigenvalue weighted by molar-refractivity contribution is 0.0994. The lowest BCUT2D eigenvalue weighted by Crippen LogP contribution is -2.49. The number of rotatable bonds is 9. The van der Waals surface area contributed by atoms with Crippen LogP contribution in [0.4, 0.5) is 0 Å². The summed E-state index contributed by atoms with van der Waals surface area (Å²) < 4.78 is 0. The van der Waals surface area contributed by atoms with Crippen molar-refractivity contribution in [2.24, 2.45) is 0 Å².